The van der Waals surface area contributed by atoms with Gasteiger partial charge in [0.25, 0.3) is 5.91 Å². The van der Waals surface area contributed by atoms with Crippen LogP contribution in [0.5, 0.6) is 0 Å². The predicted molar refractivity (Wildman–Crippen MR) is 123 cm³/mol. The first-order valence-electron chi connectivity index (χ1n) is 11.0. The van der Waals surface area contributed by atoms with E-state index >= 15 is 0 Å². The molecular formula is C28H24N2O. The number of nitrogens with one attached hydrogen (secondary N) is 1. The summed E-state index contributed by atoms with van der Waals surface area (Å²) in [5, 5.41) is 4.48. The number of fused-ring (bicyclic) bond motifs is 5. The van der Waals surface area contributed by atoms with Gasteiger partial charge in [0.1, 0.15) is 0 Å². The summed E-state index contributed by atoms with van der Waals surface area (Å²) in [6, 6.07) is 31.0. The van der Waals surface area contributed by atoms with E-state index in [1.807, 2.05) is 24.4 Å². The number of hydrogen-bond donors (Lipinski definition) is 1. The Kier molecular flexibility index (Phi) is 4.01. The molecule has 0 radical (unpaired) electrons. The molecule has 4 atom stereocenters. The molecule has 0 saturated heterocycles. The van der Waals surface area contributed by atoms with Gasteiger partial charge in [-0.05, 0) is 41.5 Å². The number of hydrogen-bond acceptors (Lipinski definition) is 2. The van der Waals surface area contributed by atoms with Crippen LogP contribution in [0.4, 0.5) is 0 Å². The maximum Gasteiger partial charge on any atom is 0.271 e. The minimum absolute atomic E-state index is 0.00396. The van der Waals surface area contributed by atoms with Gasteiger partial charge in [0.2, 0.25) is 0 Å². The molecule has 2 saturated carbocycles. The first-order valence-corrected chi connectivity index (χ1v) is 11.0. The molecule has 0 heterocycles. The zero-order chi connectivity index (χ0) is 20.9. The molecule has 2 fully saturated rings. The van der Waals surface area contributed by atoms with Crippen molar-refractivity contribution in [1.29, 1.82) is 0 Å². The number of allylic oxidation sites excluding steroid dienone is 2. The molecule has 1 N–H and O–H groups in total. The lowest BCUT2D eigenvalue weighted by atomic mass is 9.75. The fourth-order valence-electron chi connectivity index (χ4n) is 6.75. The Bertz CT molecular complexity index is 1110. The summed E-state index contributed by atoms with van der Waals surface area (Å²) in [4.78, 5) is 12.5. The highest BCUT2D eigenvalue weighted by Gasteiger charge is 2.85. The maximum absolute atomic E-state index is 12.5. The predicted octanol–water partition coefficient (Wildman–Crippen LogP) is 5.11. The molecule has 3 aromatic rings. The van der Waals surface area contributed by atoms with E-state index in [4.69, 9.17) is 0 Å². The van der Waals surface area contributed by atoms with Crippen molar-refractivity contribution in [3.8, 4) is 0 Å². The molecule has 3 heteroatoms. The first kappa shape index (κ1) is 18.3. The molecular weight excluding hydrogens is 380 g/mol. The third-order valence-electron chi connectivity index (χ3n) is 7.76. The summed E-state index contributed by atoms with van der Waals surface area (Å²) in [6.45, 7) is 0. The third-order valence-corrected chi connectivity index (χ3v) is 7.76. The fraction of sp³-hybridized carbons (Fsp3) is 0.214. The lowest BCUT2D eigenvalue weighted by molar-refractivity contribution is 0.0955. The number of carbonyl (C=O) groups is 1. The van der Waals surface area contributed by atoms with Crippen LogP contribution in [0.3, 0.4) is 0 Å². The monoisotopic (exact) mass is 404 g/mol. The van der Waals surface area contributed by atoms with Crippen molar-refractivity contribution in [1.82, 2.24) is 5.43 Å². The summed E-state index contributed by atoms with van der Waals surface area (Å²) in [7, 11) is 0. The smallest absolute Gasteiger partial charge is 0.267 e. The van der Waals surface area contributed by atoms with Gasteiger partial charge in [0.05, 0.1) is 0 Å². The van der Waals surface area contributed by atoms with Gasteiger partial charge in [-0.25, -0.2) is 5.43 Å². The van der Waals surface area contributed by atoms with E-state index in [9.17, 15) is 4.79 Å². The van der Waals surface area contributed by atoms with E-state index in [0.29, 0.717) is 17.4 Å². The molecule has 3 aliphatic rings. The Hall–Kier alpha value is -3.46. The largest absolute Gasteiger partial charge is 0.271 e. The highest BCUT2D eigenvalue weighted by atomic mass is 16.2. The normalized spacial score (nSPS) is 32.2. The number of hydrazone groups is 1. The van der Waals surface area contributed by atoms with Crippen LogP contribution in [0.15, 0.2) is 108 Å². The van der Waals surface area contributed by atoms with Gasteiger partial charge >= 0.3 is 0 Å². The average molecular weight is 405 g/mol. The van der Waals surface area contributed by atoms with Gasteiger partial charge in [-0.1, -0.05) is 91.0 Å². The lowest BCUT2D eigenvalue weighted by Gasteiger charge is -2.27. The third kappa shape index (κ3) is 2.35. The second-order valence-corrected chi connectivity index (χ2v) is 8.87. The molecule has 0 spiro atoms. The van der Waals surface area contributed by atoms with E-state index in [2.05, 4.69) is 83.3 Å². The van der Waals surface area contributed by atoms with Crippen LogP contribution in [-0.2, 0) is 10.8 Å². The van der Waals surface area contributed by atoms with Gasteiger partial charge in [-0.3, -0.25) is 4.79 Å². The summed E-state index contributed by atoms with van der Waals surface area (Å²) in [5.41, 5.74) is 6.12. The van der Waals surface area contributed by atoms with E-state index in [-0.39, 0.29) is 22.7 Å². The van der Waals surface area contributed by atoms with Crippen LogP contribution in [0.1, 0.15) is 27.9 Å². The van der Waals surface area contributed by atoms with E-state index in [1.54, 1.807) is 12.1 Å². The summed E-state index contributed by atoms with van der Waals surface area (Å²) in [5.74, 6) is 1.04. The van der Waals surface area contributed by atoms with Crippen LogP contribution < -0.4 is 5.43 Å². The Labute approximate surface area is 182 Å². The summed E-state index contributed by atoms with van der Waals surface area (Å²) in [6.07, 6.45) is 8.02. The van der Waals surface area contributed by atoms with E-state index in [0.717, 1.165) is 0 Å². The van der Waals surface area contributed by atoms with Crippen molar-refractivity contribution in [3.05, 3.63) is 120 Å². The van der Waals surface area contributed by atoms with Crippen molar-refractivity contribution in [2.45, 2.75) is 17.3 Å². The second kappa shape index (κ2) is 6.78. The molecule has 0 aliphatic heterocycles. The zero-order valence-electron chi connectivity index (χ0n) is 17.2. The number of amides is 1. The molecule has 152 valence electrons. The Morgan fingerprint density at radius 2 is 1.26 bits per heavy atom. The van der Waals surface area contributed by atoms with Gasteiger partial charge in [0.15, 0.2) is 0 Å². The second-order valence-electron chi connectivity index (χ2n) is 8.87. The van der Waals surface area contributed by atoms with Crippen LogP contribution in [0.25, 0.3) is 0 Å². The van der Waals surface area contributed by atoms with Crippen molar-refractivity contribution in [2.24, 2.45) is 22.9 Å². The minimum Gasteiger partial charge on any atom is -0.267 e. The molecule has 3 nitrogen and oxygen atoms in total. The summed E-state index contributed by atoms with van der Waals surface area (Å²) < 4.78 is 0. The van der Waals surface area contributed by atoms with Crippen molar-refractivity contribution in [2.75, 3.05) is 0 Å². The van der Waals surface area contributed by atoms with Crippen LogP contribution in [0.2, 0.25) is 0 Å². The first-order chi connectivity index (χ1) is 15.3. The molecule has 1 amide bonds. The van der Waals surface area contributed by atoms with Crippen LogP contribution in [-0.4, -0.2) is 12.1 Å². The maximum atomic E-state index is 12.5. The number of benzene rings is 3. The SMILES string of the molecule is O=C(NN=CC1C2(c3ccccc3)C3C=CC(C3)C12c1ccccc1)c1ccccc1. The molecule has 31 heavy (non-hydrogen) atoms. The average Bonchev–Trinajstić information content (AvgIpc) is 3.09. The molecule has 0 aromatic heterocycles. The van der Waals surface area contributed by atoms with Crippen molar-refractivity contribution in [3.63, 3.8) is 0 Å². The van der Waals surface area contributed by atoms with E-state index in [1.165, 1.54) is 17.5 Å². The van der Waals surface area contributed by atoms with E-state index < -0.39 is 0 Å². The topological polar surface area (TPSA) is 41.5 Å². The number of carbonyl (C=O) groups excluding carboxylic acids is 1. The molecule has 2 bridgehead atoms. The zero-order valence-corrected chi connectivity index (χ0v) is 17.2. The minimum atomic E-state index is -0.175. The quantitative estimate of drug-likeness (QED) is 0.358. The van der Waals surface area contributed by atoms with Gasteiger partial charge in [0, 0.05) is 28.5 Å². The van der Waals surface area contributed by atoms with Crippen molar-refractivity contribution >= 4 is 12.1 Å². The molecule has 4 unspecified atom stereocenters. The van der Waals surface area contributed by atoms with Gasteiger partial charge in [-0.2, -0.15) is 5.10 Å². The fourth-order valence-corrected chi connectivity index (χ4v) is 6.75. The van der Waals surface area contributed by atoms with Crippen LogP contribution >= 0.6 is 0 Å². The summed E-state index contributed by atoms with van der Waals surface area (Å²) >= 11 is 0. The molecule has 3 aromatic carbocycles. The highest BCUT2D eigenvalue weighted by molar-refractivity contribution is 5.94. The van der Waals surface area contributed by atoms with Gasteiger partial charge < -0.3 is 0 Å². The van der Waals surface area contributed by atoms with Gasteiger partial charge in [-0.15, -0.1) is 0 Å². The number of rotatable bonds is 5. The Balaban J connectivity index is 1.40. The Morgan fingerprint density at radius 1 is 0.774 bits per heavy atom. The lowest BCUT2D eigenvalue weighted by Crippen LogP contribution is -2.26. The van der Waals surface area contributed by atoms with Crippen molar-refractivity contribution < 1.29 is 4.79 Å². The van der Waals surface area contributed by atoms with Crippen LogP contribution in [0, 0.1) is 17.8 Å². The standard InChI is InChI=1S/C28H24N2O/c31-26(20-10-4-1-5-11-20)30-29-19-25-27(21-12-6-2-7-13-21)23-16-17-24(18-23)28(25,27)22-14-8-3-9-15-22/h1-17,19,23-25H,18H2,(H,30,31). The number of nitrogens with zero attached hydrogens (tertiary/aromatic N) is 1. The molecule has 3 aliphatic carbocycles. The Morgan fingerprint density at radius 3 is 1.77 bits per heavy atom. The highest BCUT2D eigenvalue weighted by Crippen LogP contribution is 2.83. The molecule has 6 rings (SSSR count).